The quantitative estimate of drug-likeness (QED) is 0.838. The highest BCUT2D eigenvalue weighted by molar-refractivity contribution is 5.95. The molecule has 0 saturated heterocycles. The average molecular weight is 379 g/mol. The molecule has 1 aliphatic rings. The molecule has 2 amide bonds. The van der Waals surface area contributed by atoms with Gasteiger partial charge in [-0.1, -0.05) is 6.07 Å². The number of nitrogens with one attached hydrogen (secondary N) is 2. The molecule has 2 aromatic rings. The van der Waals surface area contributed by atoms with E-state index in [1.807, 2.05) is 0 Å². The van der Waals surface area contributed by atoms with E-state index in [4.69, 9.17) is 0 Å². The van der Waals surface area contributed by atoms with Gasteiger partial charge < -0.3 is 15.2 Å². The molecule has 0 atom stereocenters. The van der Waals surface area contributed by atoms with Gasteiger partial charge in [-0.3, -0.25) is 14.4 Å². The Morgan fingerprint density at radius 2 is 1.74 bits per heavy atom. The van der Waals surface area contributed by atoms with Crippen LogP contribution in [0.4, 0.5) is 24.5 Å². The molecule has 142 valence electrons. The first kappa shape index (κ1) is 18.7. The summed E-state index contributed by atoms with van der Waals surface area (Å²) in [5.41, 5.74) is -1.76. The van der Waals surface area contributed by atoms with Gasteiger partial charge in [-0.2, -0.15) is 13.2 Å². The number of carbonyl (C=O) groups is 2. The van der Waals surface area contributed by atoms with Crippen molar-refractivity contribution in [1.29, 1.82) is 0 Å². The Balaban J connectivity index is 1.68. The summed E-state index contributed by atoms with van der Waals surface area (Å²) in [6, 6.07) is 8.11. The molecule has 0 aliphatic heterocycles. The third kappa shape index (κ3) is 4.75. The molecule has 1 fully saturated rings. The molecule has 2 N–H and O–H groups in total. The summed E-state index contributed by atoms with van der Waals surface area (Å²) in [7, 11) is 0. The maximum atomic E-state index is 12.8. The Bertz CT molecular complexity index is 933. The SMILES string of the molecule is O=C(Cn1cccc(C(F)(F)F)c1=O)Nc1cccc(NC(=O)C2CC2)c1. The summed E-state index contributed by atoms with van der Waals surface area (Å²) >= 11 is 0. The fourth-order valence-electron chi connectivity index (χ4n) is 2.50. The monoisotopic (exact) mass is 379 g/mol. The lowest BCUT2D eigenvalue weighted by Gasteiger charge is -2.11. The molecule has 0 spiro atoms. The van der Waals surface area contributed by atoms with Crippen molar-refractivity contribution < 1.29 is 22.8 Å². The molecule has 1 aromatic carbocycles. The van der Waals surface area contributed by atoms with Crippen LogP contribution in [0, 0.1) is 5.92 Å². The summed E-state index contributed by atoms with van der Waals surface area (Å²) in [4.78, 5) is 35.7. The van der Waals surface area contributed by atoms with Gasteiger partial charge in [0.1, 0.15) is 12.1 Å². The van der Waals surface area contributed by atoms with Crippen molar-refractivity contribution in [3.05, 3.63) is 58.5 Å². The van der Waals surface area contributed by atoms with E-state index >= 15 is 0 Å². The van der Waals surface area contributed by atoms with Crippen molar-refractivity contribution in [2.75, 3.05) is 10.6 Å². The van der Waals surface area contributed by atoms with Gasteiger partial charge in [-0.05, 0) is 43.2 Å². The highest BCUT2D eigenvalue weighted by atomic mass is 19.4. The highest BCUT2D eigenvalue weighted by Crippen LogP contribution is 2.30. The molecule has 0 radical (unpaired) electrons. The number of alkyl halides is 3. The second-order valence-electron chi connectivity index (χ2n) is 6.25. The van der Waals surface area contributed by atoms with E-state index in [9.17, 15) is 27.6 Å². The number of amides is 2. The average Bonchev–Trinajstić information content (AvgIpc) is 3.41. The maximum Gasteiger partial charge on any atom is 0.421 e. The number of hydrogen-bond acceptors (Lipinski definition) is 3. The van der Waals surface area contributed by atoms with Crippen molar-refractivity contribution in [3.63, 3.8) is 0 Å². The molecular formula is C18H16F3N3O3. The lowest BCUT2D eigenvalue weighted by molar-refractivity contribution is -0.139. The number of anilines is 2. The van der Waals surface area contributed by atoms with E-state index in [0.29, 0.717) is 22.0 Å². The van der Waals surface area contributed by atoms with Crippen LogP contribution in [0.3, 0.4) is 0 Å². The smallest absolute Gasteiger partial charge is 0.326 e. The fraction of sp³-hybridized carbons (Fsp3) is 0.278. The van der Waals surface area contributed by atoms with E-state index in [0.717, 1.165) is 25.1 Å². The Morgan fingerprint density at radius 3 is 2.37 bits per heavy atom. The van der Waals surface area contributed by atoms with Crippen LogP contribution in [0.25, 0.3) is 0 Å². The number of nitrogens with zero attached hydrogens (tertiary/aromatic N) is 1. The normalized spacial score (nSPS) is 13.9. The van der Waals surface area contributed by atoms with Gasteiger partial charge in [-0.25, -0.2) is 0 Å². The van der Waals surface area contributed by atoms with Gasteiger partial charge in [0, 0.05) is 23.5 Å². The van der Waals surface area contributed by atoms with E-state index in [1.54, 1.807) is 18.2 Å². The molecule has 6 nitrogen and oxygen atoms in total. The molecule has 1 heterocycles. The van der Waals surface area contributed by atoms with E-state index in [-0.39, 0.29) is 11.8 Å². The largest absolute Gasteiger partial charge is 0.421 e. The van der Waals surface area contributed by atoms with Crippen LogP contribution < -0.4 is 16.2 Å². The number of pyridine rings is 1. The Morgan fingerprint density at radius 1 is 1.07 bits per heavy atom. The molecular weight excluding hydrogens is 363 g/mol. The minimum atomic E-state index is -4.79. The zero-order valence-corrected chi connectivity index (χ0v) is 14.0. The standard InChI is InChI=1S/C18H16F3N3O3/c19-18(20,21)14-5-2-8-24(17(14)27)10-15(25)22-12-3-1-4-13(9-12)23-16(26)11-6-7-11/h1-5,8-9,11H,6-7,10H2,(H,22,25)(H,23,26). The van der Waals surface area contributed by atoms with Gasteiger partial charge >= 0.3 is 6.18 Å². The fourth-order valence-corrected chi connectivity index (χ4v) is 2.50. The predicted molar refractivity (Wildman–Crippen MR) is 92.1 cm³/mol. The number of halogens is 3. The zero-order valence-electron chi connectivity index (χ0n) is 14.0. The van der Waals surface area contributed by atoms with Crippen LogP contribution >= 0.6 is 0 Å². The topological polar surface area (TPSA) is 80.2 Å². The van der Waals surface area contributed by atoms with Gasteiger partial charge in [0.2, 0.25) is 11.8 Å². The first-order valence-corrected chi connectivity index (χ1v) is 8.21. The number of hydrogen-bond donors (Lipinski definition) is 2. The van der Waals surface area contributed by atoms with Crippen molar-refractivity contribution in [1.82, 2.24) is 4.57 Å². The Labute approximate surface area is 152 Å². The first-order chi connectivity index (χ1) is 12.7. The lowest BCUT2D eigenvalue weighted by Crippen LogP contribution is -2.31. The molecule has 27 heavy (non-hydrogen) atoms. The van der Waals surface area contributed by atoms with E-state index in [1.165, 1.54) is 6.07 Å². The van der Waals surface area contributed by atoms with Crippen LogP contribution in [-0.4, -0.2) is 16.4 Å². The highest BCUT2D eigenvalue weighted by Gasteiger charge is 2.34. The molecule has 0 unspecified atom stereocenters. The number of aromatic nitrogens is 1. The van der Waals surface area contributed by atoms with E-state index in [2.05, 4.69) is 10.6 Å². The Hall–Kier alpha value is -3.10. The van der Waals surface area contributed by atoms with E-state index < -0.39 is 29.8 Å². The van der Waals surface area contributed by atoms with Crippen molar-refractivity contribution in [2.45, 2.75) is 25.6 Å². The number of rotatable bonds is 5. The maximum absolute atomic E-state index is 12.8. The summed E-state index contributed by atoms with van der Waals surface area (Å²) in [5, 5.41) is 5.23. The minimum Gasteiger partial charge on any atom is -0.326 e. The lowest BCUT2D eigenvalue weighted by atomic mass is 10.2. The van der Waals surface area contributed by atoms with Crippen LogP contribution in [0.5, 0.6) is 0 Å². The molecule has 1 saturated carbocycles. The van der Waals surface area contributed by atoms with Gasteiger partial charge in [0.05, 0.1) is 0 Å². The van der Waals surface area contributed by atoms with Crippen LogP contribution in [0.2, 0.25) is 0 Å². The summed E-state index contributed by atoms with van der Waals surface area (Å²) in [5.74, 6) is -0.730. The third-order valence-corrected chi connectivity index (χ3v) is 4.00. The summed E-state index contributed by atoms with van der Waals surface area (Å²) in [6.45, 7) is -0.568. The van der Waals surface area contributed by atoms with Crippen LogP contribution in [-0.2, 0) is 22.3 Å². The zero-order chi connectivity index (χ0) is 19.6. The number of carbonyl (C=O) groups excluding carboxylic acids is 2. The second kappa shape index (κ2) is 7.26. The summed E-state index contributed by atoms with van der Waals surface area (Å²) in [6.07, 6.45) is -1.96. The second-order valence-corrected chi connectivity index (χ2v) is 6.25. The minimum absolute atomic E-state index is 0.0241. The van der Waals surface area contributed by atoms with Crippen molar-refractivity contribution >= 4 is 23.2 Å². The Kier molecular flexibility index (Phi) is 5.02. The summed E-state index contributed by atoms with van der Waals surface area (Å²) < 4.78 is 39.0. The van der Waals surface area contributed by atoms with Crippen molar-refractivity contribution in [3.8, 4) is 0 Å². The van der Waals surface area contributed by atoms with Crippen LogP contribution in [0.15, 0.2) is 47.4 Å². The molecule has 9 heteroatoms. The van der Waals surface area contributed by atoms with Gasteiger partial charge in [-0.15, -0.1) is 0 Å². The number of benzene rings is 1. The molecule has 3 rings (SSSR count). The molecule has 1 aromatic heterocycles. The van der Waals surface area contributed by atoms with Crippen LogP contribution in [0.1, 0.15) is 18.4 Å². The predicted octanol–water partition coefficient (Wildman–Crippen LogP) is 2.85. The van der Waals surface area contributed by atoms with Crippen molar-refractivity contribution in [2.24, 2.45) is 5.92 Å². The first-order valence-electron chi connectivity index (χ1n) is 8.21. The van der Waals surface area contributed by atoms with Gasteiger partial charge in [0.25, 0.3) is 5.56 Å². The molecule has 0 bridgehead atoms. The third-order valence-electron chi connectivity index (χ3n) is 4.00. The molecule has 1 aliphatic carbocycles. The van der Waals surface area contributed by atoms with Gasteiger partial charge in [0.15, 0.2) is 0 Å².